The van der Waals surface area contributed by atoms with Crippen LogP contribution in [0.25, 0.3) is 10.2 Å². The summed E-state index contributed by atoms with van der Waals surface area (Å²) < 4.78 is 40.9. The topological polar surface area (TPSA) is 53.5 Å². The first kappa shape index (κ1) is 22.3. The number of benzene rings is 2. The highest BCUT2D eigenvalue weighted by Crippen LogP contribution is 2.39. The Kier molecular flexibility index (Phi) is 5.66. The van der Waals surface area contributed by atoms with Crippen LogP contribution in [-0.2, 0) is 15.8 Å². The molecule has 2 fully saturated rings. The van der Waals surface area contributed by atoms with E-state index in [2.05, 4.69) is 0 Å². The number of amides is 2. The Morgan fingerprint density at radius 1 is 1.06 bits per heavy atom. The molecule has 2 saturated heterocycles. The third-order valence-corrected chi connectivity index (χ3v) is 7.79. The predicted molar refractivity (Wildman–Crippen MR) is 121 cm³/mol. The molecule has 2 aliphatic heterocycles. The second-order valence-electron chi connectivity index (χ2n) is 8.28. The molecule has 1 unspecified atom stereocenters. The van der Waals surface area contributed by atoms with E-state index in [1.54, 1.807) is 11.3 Å². The Morgan fingerprint density at radius 2 is 1.79 bits per heavy atom. The van der Waals surface area contributed by atoms with E-state index in [-0.39, 0.29) is 18.0 Å². The molecule has 5 rings (SSSR count). The fraction of sp³-hybridized carbons (Fsp3) is 0.348. The van der Waals surface area contributed by atoms with E-state index in [0.717, 1.165) is 45.1 Å². The van der Waals surface area contributed by atoms with Gasteiger partial charge >= 0.3 is 6.18 Å². The molecule has 10 heteroatoms. The molecule has 33 heavy (non-hydrogen) atoms. The highest BCUT2D eigenvalue weighted by molar-refractivity contribution is 7.18. The molecule has 3 heterocycles. The second-order valence-corrected chi connectivity index (χ2v) is 9.75. The summed E-state index contributed by atoms with van der Waals surface area (Å²) in [5, 5.41) is 0.603. The van der Waals surface area contributed by atoms with Crippen LogP contribution in [0.5, 0.6) is 0 Å². The standard InChI is InChI=1S/C23H19ClF3N3O2S/c24-16-6-5-14(11-15(16)23(25,26)27)30-20(31)12-18(22(30)32)29-9-7-13(8-10-29)21-28-17-3-1-2-4-19(17)33-21/h1-6,11,13,18H,7-10,12H2. The van der Waals surface area contributed by atoms with Gasteiger partial charge in [0, 0.05) is 5.92 Å². The summed E-state index contributed by atoms with van der Waals surface area (Å²) >= 11 is 7.36. The van der Waals surface area contributed by atoms with E-state index >= 15 is 0 Å². The predicted octanol–water partition coefficient (Wildman–Crippen LogP) is 5.48. The minimum atomic E-state index is -4.68. The zero-order chi connectivity index (χ0) is 23.3. The van der Waals surface area contributed by atoms with Crippen LogP contribution >= 0.6 is 22.9 Å². The molecule has 0 spiro atoms. The van der Waals surface area contributed by atoms with Gasteiger partial charge in [-0.3, -0.25) is 14.5 Å². The number of carbonyl (C=O) groups is 2. The molecular formula is C23H19ClF3N3O2S. The van der Waals surface area contributed by atoms with Gasteiger partial charge in [0.05, 0.1) is 44.0 Å². The number of hydrogen-bond acceptors (Lipinski definition) is 5. The lowest BCUT2D eigenvalue weighted by Crippen LogP contribution is -2.45. The lowest BCUT2D eigenvalue weighted by Gasteiger charge is -2.34. The molecule has 3 aromatic rings. The molecule has 5 nitrogen and oxygen atoms in total. The van der Waals surface area contributed by atoms with Gasteiger partial charge in [-0.15, -0.1) is 11.3 Å². The molecule has 0 bridgehead atoms. The third-order valence-electron chi connectivity index (χ3n) is 6.27. The molecule has 172 valence electrons. The van der Waals surface area contributed by atoms with Gasteiger partial charge in [0.15, 0.2) is 0 Å². The summed E-state index contributed by atoms with van der Waals surface area (Å²) in [4.78, 5) is 33.3. The number of fused-ring (bicyclic) bond motifs is 1. The van der Waals surface area contributed by atoms with Crippen LogP contribution in [0.4, 0.5) is 18.9 Å². The Hall–Kier alpha value is -2.49. The zero-order valence-electron chi connectivity index (χ0n) is 17.3. The normalized spacial score (nSPS) is 20.8. The van der Waals surface area contributed by atoms with Crippen molar-refractivity contribution in [3.05, 3.63) is 58.1 Å². The molecule has 0 aliphatic carbocycles. The summed E-state index contributed by atoms with van der Waals surface area (Å²) in [7, 11) is 0. The van der Waals surface area contributed by atoms with E-state index in [0.29, 0.717) is 13.1 Å². The Bertz CT molecular complexity index is 1200. The van der Waals surface area contributed by atoms with Crippen molar-refractivity contribution in [1.82, 2.24) is 9.88 Å². The zero-order valence-corrected chi connectivity index (χ0v) is 18.9. The van der Waals surface area contributed by atoms with Crippen molar-refractivity contribution in [3.63, 3.8) is 0 Å². The average molecular weight is 494 g/mol. The second kappa shape index (κ2) is 8.38. The van der Waals surface area contributed by atoms with E-state index in [1.807, 2.05) is 29.2 Å². The van der Waals surface area contributed by atoms with Crippen LogP contribution in [0.15, 0.2) is 42.5 Å². The molecular weight excluding hydrogens is 475 g/mol. The molecule has 2 aromatic carbocycles. The van der Waals surface area contributed by atoms with Gasteiger partial charge in [-0.1, -0.05) is 23.7 Å². The van der Waals surface area contributed by atoms with Crippen LogP contribution in [0.3, 0.4) is 0 Å². The highest BCUT2D eigenvalue weighted by atomic mass is 35.5. The van der Waals surface area contributed by atoms with Crippen molar-refractivity contribution in [3.8, 4) is 0 Å². The number of likely N-dealkylation sites (tertiary alicyclic amines) is 1. The van der Waals surface area contributed by atoms with Crippen molar-refractivity contribution < 1.29 is 22.8 Å². The van der Waals surface area contributed by atoms with Gasteiger partial charge in [-0.25, -0.2) is 9.88 Å². The van der Waals surface area contributed by atoms with Crippen LogP contribution in [0.2, 0.25) is 5.02 Å². The smallest absolute Gasteiger partial charge is 0.291 e. The van der Waals surface area contributed by atoms with Crippen molar-refractivity contribution in [2.45, 2.75) is 37.4 Å². The lowest BCUT2D eigenvalue weighted by molar-refractivity contribution is -0.137. The Balaban J connectivity index is 1.30. The minimum Gasteiger partial charge on any atom is -0.291 e. The maximum Gasteiger partial charge on any atom is 0.417 e. The third kappa shape index (κ3) is 4.13. The van der Waals surface area contributed by atoms with E-state index in [4.69, 9.17) is 16.6 Å². The van der Waals surface area contributed by atoms with Gasteiger partial charge in [-0.05, 0) is 56.3 Å². The van der Waals surface area contributed by atoms with E-state index in [1.165, 1.54) is 6.07 Å². The van der Waals surface area contributed by atoms with Crippen LogP contribution < -0.4 is 4.90 Å². The summed E-state index contributed by atoms with van der Waals surface area (Å²) in [5.74, 6) is -0.713. The van der Waals surface area contributed by atoms with Crippen molar-refractivity contribution >= 4 is 50.7 Å². The average Bonchev–Trinajstić information content (AvgIpc) is 3.34. The number of alkyl halides is 3. The molecule has 2 aliphatic rings. The summed E-state index contributed by atoms with van der Waals surface area (Å²) in [6.07, 6.45) is -3.12. The van der Waals surface area contributed by atoms with Crippen molar-refractivity contribution in [2.75, 3.05) is 18.0 Å². The Labute approximate surface area is 196 Å². The molecule has 1 aromatic heterocycles. The number of thiazole rings is 1. The SMILES string of the molecule is O=C1CC(N2CCC(c3nc4ccccc4s3)CC2)C(=O)N1c1ccc(Cl)c(C(F)(F)F)c1. The number of hydrogen-bond donors (Lipinski definition) is 0. The van der Waals surface area contributed by atoms with Crippen LogP contribution in [0.1, 0.15) is 35.8 Å². The Morgan fingerprint density at radius 3 is 2.48 bits per heavy atom. The van der Waals surface area contributed by atoms with Crippen molar-refractivity contribution in [2.24, 2.45) is 0 Å². The first-order valence-electron chi connectivity index (χ1n) is 10.6. The molecule has 1 atom stereocenters. The molecule has 0 saturated carbocycles. The number of piperidine rings is 1. The van der Waals surface area contributed by atoms with Crippen molar-refractivity contribution in [1.29, 1.82) is 0 Å². The summed E-state index contributed by atoms with van der Waals surface area (Å²) in [6.45, 7) is 1.24. The monoisotopic (exact) mass is 493 g/mol. The first-order valence-corrected chi connectivity index (χ1v) is 11.7. The maximum absolute atomic E-state index is 13.2. The number of para-hydroxylation sites is 1. The fourth-order valence-electron chi connectivity index (χ4n) is 4.56. The number of anilines is 1. The largest absolute Gasteiger partial charge is 0.417 e. The highest BCUT2D eigenvalue weighted by Gasteiger charge is 2.44. The number of carbonyl (C=O) groups excluding carboxylic acids is 2. The number of imide groups is 1. The number of aromatic nitrogens is 1. The van der Waals surface area contributed by atoms with E-state index in [9.17, 15) is 22.8 Å². The number of halogens is 4. The van der Waals surface area contributed by atoms with Gasteiger partial charge in [0.2, 0.25) is 5.91 Å². The lowest BCUT2D eigenvalue weighted by atomic mass is 9.96. The maximum atomic E-state index is 13.2. The first-order chi connectivity index (χ1) is 15.7. The molecule has 0 N–H and O–H groups in total. The minimum absolute atomic E-state index is 0.0470. The van der Waals surface area contributed by atoms with Crippen LogP contribution in [-0.4, -0.2) is 40.8 Å². The summed E-state index contributed by atoms with van der Waals surface area (Å²) in [6, 6.07) is 10.4. The van der Waals surface area contributed by atoms with E-state index < -0.39 is 34.6 Å². The fourth-order valence-corrected chi connectivity index (χ4v) is 5.93. The van der Waals surface area contributed by atoms with Gasteiger partial charge in [0.25, 0.3) is 5.91 Å². The number of rotatable bonds is 3. The molecule has 0 radical (unpaired) electrons. The quantitative estimate of drug-likeness (QED) is 0.453. The molecule has 2 amide bonds. The number of nitrogens with zero attached hydrogens (tertiary/aromatic N) is 3. The van der Waals surface area contributed by atoms with Crippen LogP contribution in [0, 0.1) is 0 Å². The van der Waals surface area contributed by atoms with Gasteiger partial charge in [-0.2, -0.15) is 13.2 Å². The van der Waals surface area contributed by atoms with Gasteiger partial charge in [0.1, 0.15) is 0 Å². The summed E-state index contributed by atoms with van der Waals surface area (Å²) in [5.41, 5.74) is -0.190. The van der Waals surface area contributed by atoms with Gasteiger partial charge < -0.3 is 0 Å².